The van der Waals surface area contributed by atoms with Crippen molar-refractivity contribution in [1.82, 2.24) is 0 Å². The minimum absolute atomic E-state index is 0.00676. The molecule has 0 aromatic rings. The number of hydrogen-bond donors (Lipinski definition) is 1. The maximum absolute atomic E-state index is 12.3. The van der Waals surface area contributed by atoms with E-state index in [1.54, 1.807) is 13.0 Å². The van der Waals surface area contributed by atoms with Crippen molar-refractivity contribution in [2.24, 2.45) is 5.92 Å². The maximum Gasteiger partial charge on any atom is 0.395 e. The summed E-state index contributed by atoms with van der Waals surface area (Å²) in [6, 6.07) is 0. The highest BCUT2D eigenvalue weighted by Gasteiger charge is 2.37. The van der Waals surface area contributed by atoms with Gasteiger partial charge in [0.2, 0.25) is 0 Å². The number of aliphatic hydroxyl groups is 1. The van der Waals surface area contributed by atoms with Crippen molar-refractivity contribution in [2.75, 3.05) is 0 Å². The van der Waals surface area contributed by atoms with E-state index >= 15 is 0 Å². The number of aliphatic hydroxyl groups excluding tert-OH is 1. The standard InChI is InChI=1S/C10H13F3O/c1-7(14)5-8-3-2-4-9(6-8)10(11,12)13/h2-3,6-7,9,14H,4-5H2,1H3. The molecule has 1 rings (SSSR count). The second-order valence-electron chi connectivity index (χ2n) is 3.58. The first-order valence-corrected chi connectivity index (χ1v) is 4.51. The van der Waals surface area contributed by atoms with Gasteiger partial charge in [0.25, 0.3) is 0 Å². The van der Waals surface area contributed by atoms with Crippen LogP contribution in [0, 0.1) is 5.92 Å². The van der Waals surface area contributed by atoms with Crippen LogP contribution in [-0.4, -0.2) is 17.4 Å². The van der Waals surface area contributed by atoms with Crippen LogP contribution in [0.2, 0.25) is 0 Å². The van der Waals surface area contributed by atoms with E-state index < -0.39 is 18.2 Å². The molecule has 2 atom stereocenters. The molecule has 1 nitrogen and oxygen atoms in total. The monoisotopic (exact) mass is 206 g/mol. The molecule has 0 aromatic carbocycles. The van der Waals surface area contributed by atoms with Gasteiger partial charge >= 0.3 is 6.18 Å². The first-order valence-electron chi connectivity index (χ1n) is 4.51. The topological polar surface area (TPSA) is 20.2 Å². The summed E-state index contributed by atoms with van der Waals surface area (Å²) in [5, 5.41) is 9.04. The second-order valence-corrected chi connectivity index (χ2v) is 3.58. The minimum atomic E-state index is -4.17. The third-order valence-corrected chi connectivity index (χ3v) is 2.09. The van der Waals surface area contributed by atoms with Gasteiger partial charge in [-0.2, -0.15) is 13.2 Å². The molecule has 0 heterocycles. The third-order valence-electron chi connectivity index (χ3n) is 2.09. The Morgan fingerprint density at radius 3 is 2.71 bits per heavy atom. The van der Waals surface area contributed by atoms with Crippen molar-refractivity contribution < 1.29 is 18.3 Å². The molecule has 0 saturated heterocycles. The van der Waals surface area contributed by atoms with Crippen LogP contribution >= 0.6 is 0 Å². The molecule has 1 aliphatic carbocycles. The zero-order chi connectivity index (χ0) is 10.8. The Bertz CT molecular complexity index is 251. The van der Waals surface area contributed by atoms with Crippen molar-refractivity contribution in [2.45, 2.75) is 32.0 Å². The summed E-state index contributed by atoms with van der Waals surface area (Å²) in [6.07, 6.45) is -0.125. The van der Waals surface area contributed by atoms with E-state index in [9.17, 15) is 13.2 Å². The van der Waals surface area contributed by atoms with Crippen LogP contribution in [0.25, 0.3) is 0 Å². The van der Waals surface area contributed by atoms with Gasteiger partial charge in [-0.1, -0.05) is 18.2 Å². The molecule has 80 valence electrons. The lowest BCUT2D eigenvalue weighted by Gasteiger charge is -2.20. The Kier molecular flexibility index (Phi) is 3.37. The van der Waals surface area contributed by atoms with Gasteiger partial charge in [-0.25, -0.2) is 0 Å². The minimum Gasteiger partial charge on any atom is -0.393 e. The van der Waals surface area contributed by atoms with Gasteiger partial charge in [0.15, 0.2) is 0 Å². The van der Waals surface area contributed by atoms with E-state index in [0.29, 0.717) is 5.57 Å². The molecule has 1 N–H and O–H groups in total. The molecule has 0 fully saturated rings. The van der Waals surface area contributed by atoms with Crippen LogP contribution in [0.5, 0.6) is 0 Å². The maximum atomic E-state index is 12.3. The zero-order valence-electron chi connectivity index (χ0n) is 7.88. The molecule has 2 unspecified atom stereocenters. The van der Waals surface area contributed by atoms with Crippen LogP contribution in [0.3, 0.4) is 0 Å². The Morgan fingerprint density at radius 1 is 1.57 bits per heavy atom. The van der Waals surface area contributed by atoms with Crippen molar-refractivity contribution in [3.63, 3.8) is 0 Å². The number of hydrogen-bond acceptors (Lipinski definition) is 1. The highest BCUT2D eigenvalue weighted by Crippen LogP contribution is 2.34. The van der Waals surface area contributed by atoms with Gasteiger partial charge < -0.3 is 5.11 Å². The SMILES string of the molecule is CC(O)CC1=CC(C(F)(F)F)CC=C1. The summed E-state index contributed by atoms with van der Waals surface area (Å²) in [5.74, 6) is -1.39. The summed E-state index contributed by atoms with van der Waals surface area (Å²) in [4.78, 5) is 0. The average molecular weight is 206 g/mol. The summed E-state index contributed by atoms with van der Waals surface area (Å²) in [5.41, 5.74) is 0.563. The van der Waals surface area contributed by atoms with Crippen LogP contribution in [0.4, 0.5) is 13.2 Å². The average Bonchev–Trinajstić information content (AvgIpc) is 2.01. The van der Waals surface area contributed by atoms with Gasteiger partial charge in [0.1, 0.15) is 0 Å². The first kappa shape index (κ1) is 11.3. The molecular weight excluding hydrogens is 193 g/mol. The van der Waals surface area contributed by atoms with Gasteiger partial charge in [-0.05, 0) is 25.3 Å². The molecule has 0 bridgehead atoms. The Labute approximate surface area is 80.9 Å². The third kappa shape index (κ3) is 3.18. The molecule has 0 amide bonds. The normalized spacial score (nSPS) is 24.6. The molecule has 0 saturated carbocycles. The van der Waals surface area contributed by atoms with Crippen molar-refractivity contribution in [1.29, 1.82) is 0 Å². The van der Waals surface area contributed by atoms with Crippen LogP contribution in [0.15, 0.2) is 23.8 Å². The van der Waals surface area contributed by atoms with Gasteiger partial charge in [-0.15, -0.1) is 0 Å². The zero-order valence-corrected chi connectivity index (χ0v) is 7.88. The number of alkyl halides is 3. The van der Waals surface area contributed by atoms with E-state index in [4.69, 9.17) is 5.11 Å². The van der Waals surface area contributed by atoms with Gasteiger partial charge in [-0.3, -0.25) is 0 Å². The fourth-order valence-electron chi connectivity index (χ4n) is 1.45. The van der Waals surface area contributed by atoms with E-state index in [-0.39, 0.29) is 12.8 Å². The summed E-state index contributed by atoms with van der Waals surface area (Å²) >= 11 is 0. The molecule has 0 spiro atoms. The van der Waals surface area contributed by atoms with Crippen molar-refractivity contribution >= 4 is 0 Å². The fraction of sp³-hybridized carbons (Fsp3) is 0.600. The van der Waals surface area contributed by atoms with E-state index in [2.05, 4.69) is 0 Å². The van der Waals surface area contributed by atoms with E-state index in [1.165, 1.54) is 12.2 Å². The van der Waals surface area contributed by atoms with Crippen LogP contribution in [0.1, 0.15) is 19.8 Å². The lowest BCUT2D eigenvalue weighted by atomic mass is 9.93. The molecule has 1 aliphatic rings. The van der Waals surface area contributed by atoms with Crippen molar-refractivity contribution in [3.8, 4) is 0 Å². The molecule has 14 heavy (non-hydrogen) atoms. The summed E-state index contributed by atoms with van der Waals surface area (Å²) in [7, 11) is 0. The predicted molar refractivity (Wildman–Crippen MR) is 47.7 cm³/mol. The highest BCUT2D eigenvalue weighted by atomic mass is 19.4. The largest absolute Gasteiger partial charge is 0.395 e. The number of rotatable bonds is 2. The van der Waals surface area contributed by atoms with Crippen LogP contribution < -0.4 is 0 Å². The molecular formula is C10H13F3O. The lowest BCUT2D eigenvalue weighted by molar-refractivity contribution is -0.160. The van der Waals surface area contributed by atoms with Gasteiger partial charge in [0.05, 0.1) is 12.0 Å². The molecule has 0 aliphatic heterocycles. The Hall–Kier alpha value is -0.770. The summed E-state index contributed by atoms with van der Waals surface area (Å²) in [6.45, 7) is 1.56. The van der Waals surface area contributed by atoms with E-state index in [1.807, 2.05) is 0 Å². The van der Waals surface area contributed by atoms with E-state index in [0.717, 1.165) is 0 Å². The van der Waals surface area contributed by atoms with Crippen LogP contribution in [-0.2, 0) is 0 Å². The smallest absolute Gasteiger partial charge is 0.393 e. The second kappa shape index (κ2) is 4.17. The highest BCUT2D eigenvalue weighted by molar-refractivity contribution is 5.25. The lowest BCUT2D eigenvalue weighted by Crippen LogP contribution is -2.22. The number of allylic oxidation sites excluding steroid dienone is 3. The van der Waals surface area contributed by atoms with Crippen molar-refractivity contribution in [3.05, 3.63) is 23.8 Å². The quantitative estimate of drug-likeness (QED) is 0.736. The number of halogens is 3. The Morgan fingerprint density at radius 2 is 2.21 bits per heavy atom. The summed E-state index contributed by atoms with van der Waals surface area (Å²) < 4.78 is 36.9. The van der Waals surface area contributed by atoms with Gasteiger partial charge in [0, 0.05) is 0 Å². The molecule has 4 heteroatoms. The Balaban J connectivity index is 2.68. The fourth-order valence-corrected chi connectivity index (χ4v) is 1.45. The first-order chi connectivity index (χ1) is 6.39. The molecule has 0 aromatic heterocycles. The predicted octanol–water partition coefficient (Wildman–Crippen LogP) is 2.82. The molecule has 0 radical (unpaired) electrons.